The smallest absolute Gasteiger partial charge is 0.242 e. The minimum Gasteiger partial charge on any atom is -0.327 e. The molecule has 0 amide bonds. The van der Waals surface area contributed by atoms with Gasteiger partial charge in [0.15, 0.2) is 9.84 Å². The summed E-state index contributed by atoms with van der Waals surface area (Å²) < 4.78 is 51.5. The predicted octanol–water partition coefficient (Wildman–Crippen LogP) is 0.973. The van der Waals surface area contributed by atoms with Gasteiger partial charge in [0.1, 0.15) is 5.82 Å². The van der Waals surface area contributed by atoms with E-state index in [1.54, 1.807) is 18.2 Å². The van der Waals surface area contributed by atoms with Crippen molar-refractivity contribution in [2.24, 2.45) is 0 Å². The maximum Gasteiger partial charge on any atom is 0.242 e. The van der Waals surface area contributed by atoms with Crippen molar-refractivity contribution in [2.45, 2.75) is 43.8 Å². The monoisotopic (exact) mass is 414 g/mol. The zero-order chi connectivity index (χ0) is 20.0. The number of aryl methyl sites for hydroxylation is 1. The largest absolute Gasteiger partial charge is 0.327 e. The number of sulfonamides is 1. The van der Waals surface area contributed by atoms with Crippen LogP contribution in [-0.2, 0) is 33.0 Å². The lowest BCUT2D eigenvalue weighted by molar-refractivity contribution is 0.386. The minimum absolute atomic E-state index is 0.123. The fraction of sp³-hybridized carbons (Fsp3) is 0.588. The highest BCUT2D eigenvalue weighted by Gasteiger charge is 2.38. The molecule has 2 aromatic rings. The molecule has 1 aromatic heterocycles. The van der Waals surface area contributed by atoms with E-state index in [2.05, 4.69) is 10.3 Å². The molecule has 10 heteroatoms. The van der Waals surface area contributed by atoms with Crippen molar-refractivity contribution in [1.29, 1.82) is 0 Å². The van der Waals surface area contributed by atoms with Gasteiger partial charge >= 0.3 is 0 Å². The molecule has 27 heavy (non-hydrogen) atoms. The number of aromatic nitrogens is 2. The first-order chi connectivity index (χ1) is 12.5. The van der Waals surface area contributed by atoms with Crippen LogP contribution in [0, 0.1) is 0 Å². The molecule has 1 saturated heterocycles. The summed E-state index contributed by atoms with van der Waals surface area (Å²) in [5, 5.41) is 3.34. The summed E-state index contributed by atoms with van der Waals surface area (Å²) in [4.78, 5) is 4.82. The van der Waals surface area contributed by atoms with Crippen LogP contribution in [0.5, 0.6) is 0 Å². The van der Waals surface area contributed by atoms with E-state index in [9.17, 15) is 16.8 Å². The van der Waals surface area contributed by atoms with Crippen LogP contribution in [0.3, 0.4) is 0 Å². The molecule has 150 valence electrons. The highest BCUT2D eigenvalue weighted by Crippen LogP contribution is 2.25. The van der Waals surface area contributed by atoms with E-state index in [1.807, 2.05) is 18.4 Å². The third-order valence-electron chi connectivity index (χ3n) is 5.07. The van der Waals surface area contributed by atoms with Crippen LogP contribution in [0.15, 0.2) is 23.1 Å². The minimum atomic E-state index is -3.53. The van der Waals surface area contributed by atoms with E-state index in [1.165, 1.54) is 18.4 Å². The summed E-state index contributed by atoms with van der Waals surface area (Å²) in [6.45, 7) is 5.02. The van der Waals surface area contributed by atoms with Crippen molar-refractivity contribution in [3.8, 4) is 0 Å². The van der Waals surface area contributed by atoms with Crippen LogP contribution in [-0.4, -0.2) is 61.8 Å². The molecule has 0 radical (unpaired) electrons. The third-order valence-corrected chi connectivity index (χ3v) is 8.78. The zero-order valence-electron chi connectivity index (χ0n) is 16.1. The number of fused-ring (bicyclic) bond motifs is 1. The lowest BCUT2D eigenvalue weighted by atomic mass is 10.0. The Morgan fingerprint density at radius 3 is 2.59 bits per heavy atom. The first-order valence-electron chi connectivity index (χ1n) is 8.85. The number of hydrogen-bond acceptors (Lipinski definition) is 6. The molecule has 1 atom stereocenters. The molecule has 3 rings (SSSR count). The van der Waals surface area contributed by atoms with Gasteiger partial charge in [-0.05, 0) is 38.5 Å². The first kappa shape index (κ1) is 20.2. The van der Waals surface area contributed by atoms with E-state index < -0.39 is 25.4 Å². The number of imidazole rings is 1. The van der Waals surface area contributed by atoms with Crippen molar-refractivity contribution in [3.63, 3.8) is 0 Å². The molecule has 8 nitrogen and oxygen atoms in total. The molecule has 1 fully saturated rings. The molecular formula is C17H26N4O4S2. The summed E-state index contributed by atoms with van der Waals surface area (Å²) in [6, 6.07) is 4.95. The molecule has 1 aromatic carbocycles. The van der Waals surface area contributed by atoms with Crippen LogP contribution in [0.4, 0.5) is 0 Å². The topological polar surface area (TPSA) is 101 Å². The van der Waals surface area contributed by atoms with Gasteiger partial charge < -0.3 is 9.88 Å². The quantitative estimate of drug-likeness (QED) is 0.756. The lowest BCUT2D eigenvalue weighted by Gasteiger charge is -2.23. The Balaban J connectivity index is 1.92. The molecule has 0 aliphatic carbocycles. The molecule has 1 unspecified atom stereocenters. The Labute approximate surface area is 160 Å². The molecule has 0 bridgehead atoms. The number of benzene rings is 1. The van der Waals surface area contributed by atoms with Crippen molar-refractivity contribution in [2.75, 3.05) is 25.6 Å². The number of nitrogens with one attached hydrogen (secondary N) is 1. The summed E-state index contributed by atoms with van der Waals surface area (Å²) in [5.74, 6) is 1.08. The average Bonchev–Trinajstić information content (AvgIpc) is 3.08. The van der Waals surface area contributed by atoms with Crippen LogP contribution >= 0.6 is 0 Å². The Morgan fingerprint density at radius 2 is 2.04 bits per heavy atom. The fourth-order valence-corrected chi connectivity index (χ4v) is 6.51. The van der Waals surface area contributed by atoms with E-state index in [4.69, 9.17) is 0 Å². The van der Waals surface area contributed by atoms with Gasteiger partial charge in [-0.15, -0.1) is 0 Å². The molecule has 1 aliphatic heterocycles. The first-order valence-corrected chi connectivity index (χ1v) is 12.1. The lowest BCUT2D eigenvalue weighted by Crippen LogP contribution is -2.43. The molecule has 1 aliphatic rings. The standard InChI is InChI=1S/C17H26N4O4S2/c1-5-21-15-7-6-13(27(24,25)20(3)4)10-14(15)19-16(21)11-18-17(2)8-9-26(22,23)12-17/h6-7,10,18H,5,8-9,11-12H2,1-4H3. The molecule has 2 heterocycles. The SMILES string of the molecule is CCn1c(CNC2(C)CCS(=O)(=O)C2)nc2cc(S(=O)(=O)N(C)C)ccc21. The van der Waals surface area contributed by atoms with Crippen molar-refractivity contribution in [3.05, 3.63) is 24.0 Å². The summed E-state index contributed by atoms with van der Waals surface area (Å²) in [6.07, 6.45) is 0.576. The van der Waals surface area contributed by atoms with Gasteiger partial charge in [-0.25, -0.2) is 26.1 Å². The van der Waals surface area contributed by atoms with E-state index in [0.717, 1.165) is 11.3 Å². The molecule has 0 spiro atoms. The summed E-state index contributed by atoms with van der Waals surface area (Å²) in [7, 11) is -3.52. The van der Waals surface area contributed by atoms with Crippen molar-refractivity contribution < 1.29 is 16.8 Å². The van der Waals surface area contributed by atoms with Gasteiger partial charge in [0.05, 0.1) is 34.0 Å². The third kappa shape index (κ3) is 3.89. The Kier molecular flexibility index (Phi) is 5.13. The maximum absolute atomic E-state index is 12.4. The van der Waals surface area contributed by atoms with E-state index >= 15 is 0 Å². The number of rotatable bonds is 6. The van der Waals surface area contributed by atoms with Crippen LogP contribution < -0.4 is 5.32 Å². The Hall–Kier alpha value is -1.49. The number of nitrogens with zero attached hydrogens (tertiary/aromatic N) is 3. The second-order valence-corrected chi connectivity index (χ2v) is 11.8. The van der Waals surface area contributed by atoms with Crippen LogP contribution in [0.1, 0.15) is 26.1 Å². The Bertz CT molecular complexity index is 1070. The highest BCUT2D eigenvalue weighted by molar-refractivity contribution is 7.91. The highest BCUT2D eigenvalue weighted by atomic mass is 32.2. The zero-order valence-corrected chi connectivity index (χ0v) is 17.7. The van der Waals surface area contributed by atoms with Gasteiger partial charge in [-0.3, -0.25) is 0 Å². The van der Waals surface area contributed by atoms with Crippen LogP contribution in [0.25, 0.3) is 11.0 Å². The van der Waals surface area contributed by atoms with E-state index in [-0.39, 0.29) is 16.4 Å². The van der Waals surface area contributed by atoms with E-state index in [0.29, 0.717) is 25.0 Å². The van der Waals surface area contributed by atoms with Gasteiger partial charge in [0.2, 0.25) is 10.0 Å². The van der Waals surface area contributed by atoms with Crippen molar-refractivity contribution >= 4 is 30.9 Å². The normalized spacial score (nSPS) is 22.7. The number of hydrogen-bond donors (Lipinski definition) is 1. The summed E-state index contributed by atoms with van der Waals surface area (Å²) >= 11 is 0. The van der Waals surface area contributed by atoms with Gasteiger partial charge in [-0.2, -0.15) is 0 Å². The van der Waals surface area contributed by atoms with Gasteiger partial charge in [0.25, 0.3) is 0 Å². The second kappa shape index (κ2) is 6.84. The number of sulfone groups is 1. The maximum atomic E-state index is 12.4. The Morgan fingerprint density at radius 1 is 1.33 bits per heavy atom. The molecule has 1 N–H and O–H groups in total. The predicted molar refractivity (Wildman–Crippen MR) is 105 cm³/mol. The van der Waals surface area contributed by atoms with Crippen LogP contribution in [0.2, 0.25) is 0 Å². The fourth-order valence-electron chi connectivity index (χ4n) is 3.46. The summed E-state index contributed by atoms with van der Waals surface area (Å²) in [5.41, 5.74) is 1.01. The molecular weight excluding hydrogens is 388 g/mol. The molecule has 0 saturated carbocycles. The van der Waals surface area contributed by atoms with Crippen molar-refractivity contribution in [1.82, 2.24) is 19.2 Å². The van der Waals surface area contributed by atoms with Gasteiger partial charge in [-0.1, -0.05) is 0 Å². The second-order valence-electron chi connectivity index (χ2n) is 7.47. The average molecular weight is 415 g/mol. The van der Waals surface area contributed by atoms with Gasteiger partial charge in [0, 0.05) is 26.2 Å².